The Labute approximate surface area is 413 Å². The van der Waals surface area contributed by atoms with E-state index >= 15 is 0 Å². The molecule has 11 rings (SSSR count). The number of hydrogen-bond donors (Lipinski definition) is 0. The van der Waals surface area contributed by atoms with Crippen molar-refractivity contribution >= 4 is 57.4 Å². The zero-order valence-electron chi connectivity index (χ0n) is 40.1. The lowest BCUT2D eigenvalue weighted by molar-refractivity contribution is 1.24. The third kappa shape index (κ3) is 8.80. The quantitative estimate of drug-likeness (QED) is 0.113. The fourth-order valence-corrected chi connectivity index (χ4v) is 9.74. The van der Waals surface area contributed by atoms with Gasteiger partial charge in [-0.3, -0.25) is 0 Å². The first-order chi connectivity index (χ1) is 34.3. The van der Waals surface area contributed by atoms with Crippen LogP contribution in [0.15, 0.2) is 243 Å². The van der Waals surface area contributed by atoms with Gasteiger partial charge in [0.2, 0.25) is 0 Å². The molecule has 0 aromatic heterocycles. The van der Waals surface area contributed by atoms with Gasteiger partial charge in [0.15, 0.2) is 0 Å². The van der Waals surface area contributed by atoms with E-state index in [1.807, 2.05) is 0 Å². The van der Waals surface area contributed by atoms with Gasteiger partial charge in [-0.25, -0.2) is 0 Å². The molecule has 1 aliphatic carbocycles. The largest absolute Gasteiger partial charge is 0.310 e. The molecule has 0 aliphatic heterocycles. The molecule has 0 bridgehead atoms. The van der Waals surface area contributed by atoms with Crippen LogP contribution in [-0.2, 0) is 0 Å². The van der Waals surface area contributed by atoms with Crippen molar-refractivity contribution < 1.29 is 0 Å². The second-order valence-electron chi connectivity index (χ2n) is 18.5. The minimum absolute atomic E-state index is 1.09. The number of nitrogens with zero attached hydrogens (tertiary/aromatic N) is 2. The van der Waals surface area contributed by atoms with Crippen molar-refractivity contribution in [3.63, 3.8) is 0 Å². The first-order valence-corrected chi connectivity index (χ1v) is 24.2. The summed E-state index contributed by atoms with van der Waals surface area (Å²) < 4.78 is 0. The minimum Gasteiger partial charge on any atom is -0.310 e. The molecule has 0 saturated carbocycles. The van der Waals surface area contributed by atoms with Crippen LogP contribution in [0.1, 0.15) is 55.6 Å². The molecule has 10 aromatic rings. The third-order valence-electron chi connectivity index (χ3n) is 13.5. The number of aryl methyl sites for hydroxylation is 4. The Morgan fingerprint density at radius 1 is 0.271 bits per heavy atom. The van der Waals surface area contributed by atoms with E-state index < -0.39 is 0 Å². The van der Waals surface area contributed by atoms with E-state index in [-0.39, 0.29) is 0 Å². The van der Waals surface area contributed by atoms with Crippen molar-refractivity contribution in [1.82, 2.24) is 0 Å². The summed E-state index contributed by atoms with van der Waals surface area (Å²) in [6.07, 6.45) is 4.62. The SMILES string of the molecule is Cc1ccc(C(=Cc2ccc(N(c3ccc(C)cc3)c3ccc(N(c4ccc(C)cc4)c4ccc(C=C(c5ccccc5)c5ccccc5)cc4)c4c3-c3ccccc3-4)cc2)c2ccc(C)cc2)cc1. The molecule has 336 valence electrons. The Morgan fingerprint density at radius 2 is 0.543 bits per heavy atom. The molecular formula is C68H54N2. The fraction of sp³-hybridized carbons (Fsp3) is 0.0588. The highest BCUT2D eigenvalue weighted by Gasteiger charge is 2.33. The van der Waals surface area contributed by atoms with Gasteiger partial charge in [-0.15, -0.1) is 0 Å². The van der Waals surface area contributed by atoms with Gasteiger partial charge < -0.3 is 9.80 Å². The lowest BCUT2D eigenvalue weighted by atomic mass is 9.77. The average Bonchev–Trinajstić information content (AvgIpc) is 3.40. The number of rotatable bonds is 12. The van der Waals surface area contributed by atoms with Crippen molar-refractivity contribution in [3.8, 4) is 22.3 Å². The minimum atomic E-state index is 1.09. The average molecular weight is 899 g/mol. The molecule has 0 spiro atoms. The van der Waals surface area contributed by atoms with Gasteiger partial charge >= 0.3 is 0 Å². The van der Waals surface area contributed by atoms with Crippen LogP contribution >= 0.6 is 0 Å². The molecule has 2 nitrogen and oxygen atoms in total. The molecule has 0 atom stereocenters. The zero-order chi connectivity index (χ0) is 47.6. The number of anilines is 6. The van der Waals surface area contributed by atoms with E-state index in [2.05, 4.69) is 292 Å². The van der Waals surface area contributed by atoms with Gasteiger partial charge in [0.25, 0.3) is 0 Å². The third-order valence-corrected chi connectivity index (χ3v) is 13.5. The molecule has 70 heavy (non-hydrogen) atoms. The molecule has 0 amide bonds. The second kappa shape index (κ2) is 19.1. The van der Waals surface area contributed by atoms with Gasteiger partial charge in [0.05, 0.1) is 11.4 Å². The summed E-state index contributed by atoms with van der Waals surface area (Å²) in [5, 5.41) is 0. The molecule has 0 heterocycles. The molecule has 0 N–H and O–H groups in total. The Hall–Kier alpha value is -8.72. The van der Waals surface area contributed by atoms with Crippen molar-refractivity contribution in [2.45, 2.75) is 27.7 Å². The van der Waals surface area contributed by atoms with Crippen LogP contribution in [0.2, 0.25) is 0 Å². The van der Waals surface area contributed by atoms with Gasteiger partial charge in [-0.05, 0) is 156 Å². The van der Waals surface area contributed by atoms with E-state index in [4.69, 9.17) is 0 Å². The first kappa shape index (κ1) is 43.8. The summed E-state index contributed by atoms with van der Waals surface area (Å²) in [7, 11) is 0. The standard InChI is InChI=1S/C68H54N2/c1-47-19-31-55(32-20-47)64(56-33-21-48(2)22-34-56)46-52-29-41-60(42-30-52)70(58-37-25-50(4)26-38-58)66-44-43-65(67-61-17-11-12-18-62(61)68(66)67)69(57-35-23-49(3)24-36-57)59-39-27-51(28-40-59)45-63(53-13-7-5-8-14-53)54-15-9-6-10-16-54/h5-46H,1-4H3. The Morgan fingerprint density at radius 3 is 0.871 bits per heavy atom. The predicted molar refractivity (Wildman–Crippen MR) is 299 cm³/mol. The molecular weight excluding hydrogens is 845 g/mol. The van der Waals surface area contributed by atoms with Crippen LogP contribution in [0.4, 0.5) is 34.1 Å². The van der Waals surface area contributed by atoms with Crippen LogP contribution in [-0.4, -0.2) is 0 Å². The van der Waals surface area contributed by atoms with Gasteiger partial charge in [-0.2, -0.15) is 0 Å². The van der Waals surface area contributed by atoms with Crippen LogP contribution in [0.25, 0.3) is 45.6 Å². The number of fused-ring (bicyclic) bond motifs is 4. The van der Waals surface area contributed by atoms with E-state index in [1.54, 1.807) is 0 Å². The smallest absolute Gasteiger partial charge is 0.0548 e. The van der Waals surface area contributed by atoms with Gasteiger partial charge in [0.1, 0.15) is 0 Å². The van der Waals surface area contributed by atoms with Gasteiger partial charge in [0, 0.05) is 33.9 Å². The maximum Gasteiger partial charge on any atom is 0.0548 e. The van der Waals surface area contributed by atoms with Crippen LogP contribution in [0.3, 0.4) is 0 Å². The zero-order valence-corrected chi connectivity index (χ0v) is 40.1. The topological polar surface area (TPSA) is 6.48 Å². The van der Waals surface area contributed by atoms with Crippen LogP contribution in [0.5, 0.6) is 0 Å². The highest BCUT2D eigenvalue weighted by atomic mass is 15.2. The van der Waals surface area contributed by atoms with Crippen molar-refractivity contribution in [3.05, 3.63) is 298 Å². The summed E-state index contributed by atoms with van der Waals surface area (Å²) in [6.45, 7) is 8.59. The molecule has 0 radical (unpaired) electrons. The van der Waals surface area contributed by atoms with E-state index in [0.717, 1.165) is 45.3 Å². The van der Waals surface area contributed by atoms with E-state index in [0.29, 0.717) is 0 Å². The molecule has 2 heteroatoms. The van der Waals surface area contributed by atoms with Crippen LogP contribution in [0, 0.1) is 27.7 Å². The van der Waals surface area contributed by atoms with E-state index in [9.17, 15) is 0 Å². The number of hydrogen-bond acceptors (Lipinski definition) is 2. The molecule has 0 saturated heterocycles. The second-order valence-corrected chi connectivity index (χ2v) is 18.5. The highest BCUT2D eigenvalue weighted by Crippen LogP contribution is 2.59. The molecule has 0 fully saturated rings. The normalized spacial score (nSPS) is 11.1. The Balaban J connectivity index is 1.03. The lowest BCUT2D eigenvalue weighted by Crippen LogP contribution is -2.18. The van der Waals surface area contributed by atoms with Crippen molar-refractivity contribution in [2.75, 3.05) is 9.80 Å². The van der Waals surface area contributed by atoms with Crippen molar-refractivity contribution in [2.24, 2.45) is 0 Å². The van der Waals surface area contributed by atoms with E-state index in [1.165, 1.54) is 77.9 Å². The Bertz CT molecular complexity index is 3400. The summed E-state index contributed by atoms with van der Waals surface area (Å²) >= 11 is 0. The summed E-state index contributed by atoms with van der Waals surface area (Å²) in [4.78, 5) is 4.86. The van der Waals surface area contributed by atoms with Crippen LogP contribution < -0.4 is 9.80 Å². The summed E-state index contributed by atoms with van der Waals surface area (Å²) in [5.41, 5.74) is 26.1. The molecule has 10 aromatic carbocycles. The lowest BCUT2D eigenvalue weighted by Gasteiger charge is -2.38. The molecule has 1 aliphatic rings. The molecule has 0 unspecified atom stereocenters. The van der Waals surface area contributed by atoms with Gasteiger partial charge in [-0.1, -0.05) is 204 Å². The summed E-state index contributed by atoms with van der Waals surface area (Å²) in [5.74, 6) is 0. The monoisotopic (exact) mass is 898 g/mol. The fourth-order valence-electron chi connectivity index (χ4n) is 9.74. The number of benzene rings is 10. The first-order valence-electron chi connectivity index (χ1n) is 24.2. The summed E-state index contributed by atoms with van der Waals surface area (Å²) in [6, 6.07) is 88.5. The highest BCUT2D eigenvalue weighted by molar-refractivity contribution is 6.15. The van der Waals surface area contributed by atoms with Crippen molar-refractivity contribution in [1.29, 1.82) is 0 Å². The predicted octanol–water partition coefficient (Wildman–Crippen LogP) is 18.7. The Kier molecular flexibility index (Phi) is 12.0. The maximum absolute atomic E-state index is 2.43. The maximum atomic E-state index is 2.43.